The van der Waals surface area contributed by atoms with Crippen LogP contribution in [0.5, 0.6) is 0 Å². The molecule has 1 aliphatic rings. The summed E-state index contributed by atoms with van der Waals surface area (Å²) in [6, 6.07) is 13.4. The summed E-state index contributed by atoms with van der Waals surface area (Å²) >= 11 is 6.46. The molecule has 6 nitrogen and oxygen atoms in total. The Bertz CT molecular complexity index is 1360. The number of alkyl halides is 3. The summed E-state index contributed by atoms with van der Waals surface area (Å²) in [5, 5.41) is 11.6. The maximum Gasteiger partial charge on any atom is 0.410 e. The Hall–Kier alpha value is -2.79. The van der Waals surface area contributed by atoms with E-state index in [1.165, 1.54) is 0 Å². The number of halogens is 5. The predicted octanol–water partition coefficient (Wildman–Crippen LogP) is 7.07. The number of hydrogen-bond acceptors (Lipinski definition) is 4. The molecule has 0 unspecified atom stereocenters. The molecule has 0 fully saturated rings. The van der Waals surface area contributed by atoms with Gasteiger partial charge < -0.3 is 15.1 Å². The van der Waals surface area contributed by atoms with Crippen LogP contribution in [-0.4, -0.2) is 21.9 Å². The lowest BCUT2D eigenvalue weighted by atomic mass is 10.0. The van der Waals surface area contributed by atoms with Gasteiger partial charge in [0.15, 0.2) is 16.4 Å². The first kappa shape index (κ1) is 22.0. The molecule has 2 N–H and O–H groups in total. The molecule has 2 aromatic heterocycles. The van der Waals surface area contributed by atoms with Crippen LogP contribution in [0.2, 0.25) is 0 Å². The van der Waals surface area contributed by atoms with Gasteiger partial charge in [0, 0.05) is 17.5 Å². The highest BCUT2D eigenvalue weighted by molar-refractivity contribution is 9.10. The Morgan fingerprint density at radius 3 is 2.61 bits per heavy atom. The second kappa shape index (κ2) is 8.21. The molecule has 170 valence electrons. The number of aromatic nitrogens is 2. The van der Waals surface area contributed by atoms with Crippen molar-refractivity contribution in [3.63, 3.8) is 0 Å². The molecule has 0 saturated heterocycles. The molecule has 33 heavy (non-hydrogen) atoms. The van der Waals surface area contributed by atoms with E-state index in [1.807, 2.05) is 30.3 Å². The van der Waals surface area contributed by atoms with Crippen molar-refractivity contribution in [2.75, 3.05) is 10.6 Å². The summed E-state index contributed by atoms with van der Waals surface area (Å²) in [4.78, 5) is 13.1. The van der Waals surface area contributed by atoms with Crippen molar-refractivity contribution in [3.8, 4) is 0 Å². The second-order valence-electron chi connectivity index (χ2n) is 7.57. The van der Waals surface area contributed by atoms with Crippen molar-refractivity contribution in [1.29, 1.82) is 0 Å². The van der Waals surface area contributed by atoms with Crippen LogP contribution >= 0.6 is 31.9 Å². The summed E-state index contributed by atoms with van der Waals surface area (Å²) in [5.41, 5.74) is 0.385. The maximum absolute atomic E-state index is 13.9. The molecule has 0 aliphatic carbocycles. The number of nitrogens with zero attached hydrogens (tertiary/aromatic N) is 2. The van der Waals surface area contributed by atoms with Crippen molar-refractivity contribution in [2.45, 2.75) is 24.7 Å². The lowest BCUT2D eigenvalue weighted by molar-refractivity contribution is -0.174. The van der Waals surface area contributed by atoms with Crippen molar-refractivity contribution < 1.29 is 22.4 Å². The van der Waals surface area contributed by atoms with Gasteiger partial charge in [0.05, 0.1) is 10.5 Å². The fourth-order valence-electron chi connectivity index (χ4n) is 3.95. The molecule has 3 heterocycles. The van der Waals surface area contributed by atoms with Crippen molar-refractivity contribution >= 4 is 60.0 Å². The van der Waals surface area contributed by atoms with Crippen molar-refractivity contribution in [2.24, 2.45) is 0 Å². The molecule has 0 spiro atoms. The highest BCUT2D eigenvalue weighted by Gasteiger charge is 2.48. The van der Waals surface area contributed by atoms with Crippen LogP contribution in [0.3, 0.4) is 0 Å². The molecule has 2 atom stereocenters. The van der Waals surface area contributed by atoms with Gasteiger partial charge in [-0.15, -0.1) is 0 Å². The van der Waals surface area contributed by atoms with Crippen LogP contribution < -0.4 is 10.6 Å². The second-order valence-corrected chi connectivity index (χ2v) is 9.14. The zero-order chi connectivity index (χ0) is 23.3. The fourth-order valence-corrected chi connectivity index (χ4v) is 4.83. The van der Waals surface area contributed by atoms with E-state index in [-0.39, 0.29) is 22.4 Å². The summed E-state index contributed by atoms with van der Waals surface area (Å²) in [5.74, 6) is -0.221. The highest BCUT2D eigenvalue weighted by Crippen LogP contribution is 2.46. The number of amides is 1. The highest BCUT2D eigenvalue weighted by atomic mass is 79.9. The minimum Gasteiger partial charge on any atom is -0.452 e. The van der Waals surface area contributed by atoms with Crippen molar-refractivity contribution in [3.05, 3.63) is 75.2 Å². The molecule has 2 aromatic carbocycles. The van der Waals surface area contributed by atoms with Gasteiger partial charge in [-0.2, -0.15) is 18.3 Å². The minimum absolute atomic E-state index is 0.0594. The van der Waals surface area contributed by atoms with E-state index < -0.39 is 24.2 Å². The number of nitrogens with one attached hydrogen (secondary N) is 2. The van der Waals surface area contributed by atoms with Gasteiger partial charge in [-0.1, -0.05) is 36.4 Å². The molecule has 1 amide bonds. The average Bonchev–Trinajstić information content (AvgIpc) is 3.36. The molecule has 5 rings (SSSR count). The minimum atomic E-state index is -4.58. The molecule has 4 aromatic rings. The maximum atomic E-state index is 13.9. The molecule has 0 saturated carbocycles. The van der Waals surface area contributed by atoms with Gasteiger partial charge in [0.25, 0.3) is 5.91 Å². The number of rotatable bonds is 3. The Morgan fingerprint density at radius 1 is 1.12 bits per heavy atom. The van der Waals surface area contributed by atoms with E-state index in [1.54, 1.807) is 24.3 Å². The quantitative estimate of drug-likeness (QED) is 0.271. The first-order valence-corrected chi connectivity index (χ1v) is 11.5. The van der Waals surface area contributed by atoms with Gasteiger partial charge in [0.2, 0.25) is 0 Å². The van der Waals surface area contributed by atoms with Crippen LogP contribution in [-0.2, 0) is 0 Å². The monoisotopic (exact) mass is 582 g/mol. The first-order chi connectivity index (χ1) is 15.7. The standard InChI is InChI=1S/C22H15Br2F3N4O2/c23-17-9-8-15(33-17)14-10-16(22(25,26)27)31-20(28-14)18(24)19(30-31)21(32)29-13-7-3-5-11-4-1-2-6-12(11)13/h1-9,14,16,28H,10H2,(H,29,32)/t14-,16+/m1/s1. The van der Waals surface area contributed by atoms with E-state index in [9.17, 15) is 18.0 Å². The van der Waals surface area contributed by atoms with Gasteiger partial charge >= 0.3 is 6.18 Å². The van der Waals surface area contributed by atoms with Gasteiger partial charge in [-0.3, -0.25) is 4.79 Å². The van der Waals surface area contributed by atoms with E-state index in [2.05, 4.69) is 47.6 Å². The van der Waals surface area contributed by atoms with Crippen LogP contribution in [0.1, 0.15) is 34.8 Å². The van der Waals surface area contributed by atoms with E-state index >= 15 is 0 Å². The summed E-state index contributed by atoms with van der Waals surface area (Å²) < 4.78 is 48.6. The SMILES string of the molecule is O=C(Nc1cccc2ccccc12)c1nn2c(c1Br)N[C@@H](c1ccc(Br)o1)C[C@H]2C(F)(F)F. The van der Waals surface area contributed by atoms with Gasteiger partial charge in [-0.05, 0) is 55.4 Å². The third-order valence-corrected chi connectivity index (χ3v) is 6.66. The number of carbonyl (C=O) groups excluding carboxylic acids is 1. The van der Waals surface area contributed by atoms with E-state index in [0.717, 1.165) is 15.5 Å². The van der Waals surface area contributed by atoms with E-state index in [4.69, 9.17) is 4.42 Å². The molecular weight excluding hydrogens is 569 g/mol. The number of fused-ring (bicyclic) bond motifs is 2. The summed E-state index contributed by atoms with van der Waals surface area (Å²) in [7, 11) is 0. The fraction of sp³-hybridized carbons (Fsp3) is 0.182. The van der Waals surface area contributed by atoms with Crippen molar-refractivity contribution in [1.82, 2.24) is 9.78 Å². The van der Waals surface area contributed by atoms with Crippen LogP contribution in [0.25, 0.3) is 10.8 Å². The first-order valence-electron chi connectivity index (χ1n) is 9.88. The number of benzene rings is 2. The molecule has 0 radical (unpaired) electrons. The van der Waals surface area contributed by atoms with Crippen LogP contribution in [0.4, 0.5) is 24.7 Å². The lowest BCUT2D eigenvalue weighted by Gasteiger charge is -2.32. The Morgan fingerprint density at radius 2 is 1.88 bits per heavy atom. The van der Waals surface area contributed by atoms with Crippen LogP contribution in [0.15, 0.2) is 68.2 Å². The number of anilines is 2. The number of carbonyl (C=O) groups is 1. The largest absolute Gasteiger partial charge is 0.452 e. The van der Waals surface area contributed by atoms with Crippen LogP contribution in [0, 0.1) is 0 Å². The molecular formula is C22H15Br2F3N4O2. The van der Waals surface area contributed by atoms with Gasteiger partial charge in [0.1, 0.15) is 11.6 Å². The molecule has 1 aliphatic heterocycles. The predicted molar refractivity (Wildman–Crippen MR) is 124 cm³/mol. The van der Waals surface area contributed by atoms with Gasteiger partial charge in [-0.25, -0.2) is 4.68 Å². The Balaban J connectivity index is 1.52. The average molecular weight is 584 g/mol. The van der Waals surface area contributed by atoms with E-state index in [0.29, 0.717) is 16.1 Å². The third kappa shape index (κ3) is 4.04. The smallest absolute Gasteiger partial charge is 0.410 e. The molecule has 0 bridgehead atoms. The Kier molecular flexibility index (Phi) is 5.48. The zero-order valence-corrected chi connectivity index (χ0v) is 19.8. The summed E-state index contributed by atoms with van der Waals surface area (Å²) in [6.45, 7) is 0. The number of furan rings is 1. The normalized spacial score (nSPS) is 18.1. The summed E-state index contributed by atoms with van der Waals surface area (Å²) in [6.07, 6.45) is -4.91. The number of hydrogen-bond donors (Lipinski definition) is 2. The Labute approximate surface area is 202 Å². The zero-order valence-electron chi connectivity index (χ0n) is 16.7. The topological polar surface area (TPSA) is 72.1 Å². The third-order valence-electron chi connectivity index (χ3n) is 5.49. The molecule has 11 heteroatoms. The lowest BCUT2D eigenvalue weighted by Crippen LogP contribution is -2.35.